The SMILES string of the molecule is CCCCC(=O)N(CCCC/C(N)=C/N(N)c1ccccc1)C(CC(OC(C)=O)c1nc(C(=O)NC(Cc2ccc(N)cc2)CC(C)(C)C(=O)O)cs1)C(C)C.CN1CCCCC1.CNC=O. The van der Waals surface area contributed by atoms with Gasteiger partial charge in [0.05, 0.1) is 11.1 Å². The third kappa shape index (κ3) is 22.2. The number of ether oxygens (including phenoxy) is 1. The third-order valence-corrected chi connectivity index (χ3v) is 12.3. The summed E-state index contributed by atoms with van der Waals surface area (Å²) in [6.45, 7) is 13.8. The van der Waals surface area contributed by atoms with Gasteiger partial charge in [0, 0.05) is 68.4 Å². The van der Waals surface area contributed by atoms with Gasteiger partial charge in [-0.3, -0.25) is 29.0 Å². The molecule has 3 aromatic rings. The number of hydrogen-bond donors (Lipinski definition) is 6. The summed E-state index contributed by atoms with van der Waals surface area (Å²) in [5.41, 5.74) is 14.1. The number of likely N-dealkylation sites (tertiary alicyclic amines) is 1. The fraction of sp³-hybridized carbons (Fsp3) is 0.560. The number of piperidine rings is 1. The van der Waals surface area contributed by atoms with Gasteiger partial charge in [0.15, 0.2) is 6.10 Å². The smallest absolute Gasteiger partial charge is 0.309 e. The molecule has 1 saturated heterocycles. The molecule has 372 valence electrons. The molecule has 3 amide bonds. The zero-order chi connectivity index (χ0) is 49.9. The van der Waals surface area contributed by atoms with Crippen LogP contribution in [0.5, 0.6) is 0 Å². The van der Waals surface area contributed by atoms with Gasteiger partial charge in [-0.1, -0.05) is 63.9 Å². The number of para-hydroxylation sites is 1. The highest BCUT2D eigenvalue weighted by Gasteiger charge is 2.34. The van der Waals surface area contributed by atoms with E-state index in [0.717, 1.165) is 30.5 Å². The van der Waals surface area contributed by atoms with Gasteiger partial charge in [0.2, 0.25) is 12.3 Å². The normalized spacial score (nSPS) is 14.2. The van der Waals surface area contributed by atoms with Crippen LogP contribution in [0.25, 0.3) is 0 Å². The lowest BCUT2D eigenvalue weighted by molar-refractivity contribution is -0.149. The van der Waals surface area contributed by atoms with Crippen LogP contribution in [0, 0.1) is 11.3 Å². The van der Waals surface area contributed by atoms with Crippen LogP contribution in [0.15, 0.2) is 71.9 Å². The highest BCUT2D eigenvalue weighted by atomic mass is 32.1. The monoisotopic (exact) mass is 950 g/mol. The van der Waals surface area contributed by atoms with Gasteiger partial charge in [0.1, 0.15) is 10.7 Å². The average molecular weight is 950 g/mol. The van der Waals surface area contributed by atoms with Crippen LogP contribution in [-0.2, 0) is 30.3 Å². The lowest BCUT2D eigenvalue weighted by Crippen LogP contribution is -2.45. The van der Waals surface area contributed by atoms with Gasteiger partial charge in [-0.15, -0.1) is 11.3 Å². The quantitative estimate of drug-likeness (QED) is 0.0128. The molecule has 0 spiro atoms. The summed E-state index contributed by atoms with van der Waals surface area (Å²) >= 11 is 1.20. The van der Waals surface area contributed by atoms with E-state index in [4.69, 9.17) is 26.8 Å². The number of nitrogens with zero attached hydrogens (tertiary/aromatic N) is 4. The van der Waals surface area contributed by atoms with Crippen LogP contribution >= 0.6 is 11.3 Å². The number of allylic oxidation sites excluding steroid dienone is 1. The number of amides is 3. The maximum absolute atomic E-state index is 13.8. The maximum atomic E-state index is 13.8. The second-order valence-corrected chi connectivity index (χ2v) is 19.0. The first-order valence-corrected chi connectivity index (χ1v) is 24.3. The molecule has 17 heteroatoms. The number of carbonyl (C=O) groups excluding carboxylic acids is 4. The van der Waals surface area contributed by atoms with Gasteiger partial charge in [-0.05, 0) is 121 Å². The van der Waals surface area contributed by atoms with E-state index in [1.165, 1.54) is 55.6 Å². The Morgan fingerprint density at radius 2 is 1.64 bits per heavy atom. The lowest BCUT2D eigenvalue weighted by Gasteiger charge is -2.36. The molecule has 0 saturated carbocycles. The maximum Gasteiger partial charge on any atom is 0.309 e. The largest absolute Gasteiger partial charge is 0.481 e. The van der Waals surface area contributed by atoms with Crippen LogP contribution in [0.1, 0.15) is 139 Å². The van der Waals surface area contributed by atoms with Gasteiger partial charge >= 0.3 is 11.9 Å². The summed E-state index contributed by atoms with van der Waals surface area (Å²) in [6, 6.07) is 15.9. The van der Waals surface area contributed by atoms with Crippen molar-refractivity contribution in [1.82, 2.24) is 25.4 Å². The molecule has 3 atom stereocenters. The number of aromatic nitrogens is 1. The first-order chi connectivity index (χ1) is 31.8. The van der Waals surface area contributed by atoms with E-state index in [9.17, 15) is 24.3 Å². The molecule has 4 rings (SSSR count). The summed E-state index contributed by atoms with van der Waals surface area (Å²) < 4.78 is 5.84. The number of nitrogen functional groups attached to an aromatic ring is 1. The second kappa shape index (κ2) is 30.7. The van der Waals surface area contributed by atoms with Crippen molar-refractivity contribution in [1.29, 1.82) is 0 Å². The first-order valence-electron chi connectivity index (χ1n) is 23.5. The standard InChI is InChI=1S/C42H61N7O6S.C6H13N.C2H5NO/c1-7-8-17-38(51)48(22-13-12-14-32(44)26-49(45)34-15-10-9-11-16-34)36(28(2)3)24-37(55-29(4)50)40-47-35(27-56-40)39(52)46-33(25-42(5,6)41(53)54)23-30-18-20-31(43)21-19-30;1-7-5-3-2-4-6-7;1-3-2-4/h9-11,15-16,18-21,26-28,33,36-37H,7-8,12-14,17,22-25,43-45H2,1-6H3,(H,46,52)(H,53,54);2-6H2,1H3;2H,1H3,(H,3,4)/b32-26-;;. The number of rotatable bonds is 24. The minimum atomic E-state index is -1.11. The van der Waals surface area contributed by atoms with Crippen molar-refractivity contribution < 1.29 is 33.8 Å². The van der Waals surface area contributed by atoms with Gasteiger partial charge in [-0.2, -0.15) is 0 Å². The van der Waals surface area contributed by atoms with Crippen molar-refractivity contribution >= 4 is 52.9 Å². The number of benzene rings is 2. The summed E-state index contributed by atoms with van der Waals surface area (Å²) in [4.78, 5) is 69.9. The predicted octanol–water partition coefficient (Wildman–Crippen LogP) is 7.42. The zero-order valence-electron chi connectivity index (χ0n) is 41.2. The molecule has 9 N–H and O–H groups in total. The van der Waals surface area contributed by atoms with E-state index < -0.39 is 35.4 Å². The number of anilines is 2. The molecule has 2 heterocycles. The number of carbonyl (C=O) groups is 5. The summed E-state index contributed by atoms with van der Waals surface area (Å²) in [5.74, 6) is 4.27. The number of esters is 1. The summed E-state index contributed by atoms with van der Waals surface area (Å²) in [6.07, 6.45) is 10.7. The number of carboxylic acids is 1. The Labute approximate surface area is 403 Å². The Hall–Kier alpha value is -5.52. The van der Waals surface area contributed by atoms with Crippen molar-refractivity contribution in [2.24, 2.45) is 22.9 Å². The van der Waals surface area contributed by atoms with E-state index in [-0.39, 0.29) is 36.4 Å². The summed E-state index contributed by atoms with van der Waals surface area (Å²) in [5, 5.41) is 18.6. The highest BCUT2D eigenvalue weighted by molar-refractivity contribution is 7.09. The van der Waals surface area contributed by atoms with Crippen LogP contribution in [0.2, 0.25) is 0 Å². The molecule has 16 nitrogen and oxygen atoms in total. The average Bonchev–Trinajstić information content (AvgIpc) is 3.79. The number of nitrogens with two attached hydrogens (primary N) is 3. The zero-order valence-corrected chi connectivity index (χ0v) is 42.0. The first kappa shape index (κ1) is 57.6. The Kier molecular flexibility index (Phi) is 26.4. The molecule has 0 radical (unpaired) electrons. The molecule has 1 aliphatic rings. The van der Waals surface area contributed by atoms with Crippen LogP contribution in [0.4, 0.5) is 11.4 Å². The number of thiazole rings is 1. The predicted molar refractivity (Wildman–Crippen MR) is 269 cm³/mol. The van der Waals surface area contributed by atoms with Gasteiger partial charge in [-0.25, -0.2) is 10.8 Å². The van der Waals surface area contributed by atoms with E-state index >= 15 is 0 Å². The van der Waals surface area contributed by atoms with E-state index in [2.05, 4.69) is 27.6 Å². The Morgan fingerprint density at radius 1 is 1.00 bits per heavy atom. The van der Waals surface area contributed by atoms with Crippen molar-refractivity contribution in [3.8, 4) is 0 Å². The van der Waals surface area contributed by atoms with Gasteiger partial charge in [0.25, 0.3) is 5.91 Å². The van der Waals surface area contributed by atoms with E-state index in [1.807, 2.05) is 68.1 Å². The van der Waals surface area contributed by atoms with Crippen LogP contribution < -0.4 is 33.0 Å². The van der Waals surface area contributed by atoms with Crippen molar-refractivity contribution in [3.63, 3.8) is 0 Å². The molecule has 1 aliphatic heterocycles. The number of hydrogen-bond acceptors (Lipinski definition) is 13. The number of hydrazine groups is 1. The van der Waals surface area contributed by atoms with Crippen molar-refractivity contribution in [2.45, 2.75) is 137 Å². The van der Waals surface area contributed by atoms with Crippen molar-refractivity contribution in [3.05, 3.63) is 88.1 Å². The summed E-state index contributed by atoms with van der Waals surface area (Å²) in [7, 11) is 3.76. The molecular formula is C50H79N9O7S. The number of carboxylic acid groups (broad SMARTS) is 1. The Bertz CT molecular complexity index is 1950. The molecule has 1 fully saturated rings. The fourth-order valence-electron chi connectivity index (χ4n) is 7.52. The topological polar surface area (TPSA) is 240 Å². The Morgan fingerprint density at radius 3 is 2.18 bits per heavy atom. The van der Waals surface area contributed by atoms with Crippen LogP contribution in [0.3, 0.4) is 0 Å². The number of unbranched alkanes of at least 4 members (excludes halogenated alkanes) is 2. The molecule has 0 aliphatic carbocycles. The molecular weight excluding hydrogens is 871 g/mol. The number of nitrogens with one attached hydrogen (secondary N) is 2. The molecule has 1 aromatic heterocycles. The third-order valence-electron chi connectivity index (χ3n) is 11.3. The van der Waals surface area contributed by atoms with E-state index in [0.29, 0.717) is 55.0 Å². The minimum absolute atomic E-state index is 0.00897. The molecule has 0 bridgehead atoms. The molecule has 3 unspecified atom stereocenters. The molecule has 67 heavy (non-hydrogen) atoms. The second-order valence-electron chi connectivity index (χ2n) is 18.1. The highest BCUT2D eigenvalue weighted by Crippen LogP contribution is 2.32. The fourth-order valence-corrected chi connectivity index (χ4v) is 8.36. The lowest BCUT2D eigenvalue weighted by atomic mass is 9.84. The van der Waals surface area contributed by atoms with Crippen molar-refractivity contribution in [2.75, 3.05) is 44.5 Å². The number of aliphatic carboxylic acids is 1. The Balaban J connectivity index is 0.00000123. The minimum Gasteiger partial charge on any atom is -0.481 e. The van der Waals surface area contributed by atoms with Gasteiger partial charge < -0.3 is 41.7 Å². The van der Waals surface area contributed by atoms with E-state index in [1.54, 1.807) is 44.6 Å². The van der Waals surface area contributed by atoms with Crippen LogP contribution in [-0.4, -0.2) is 95.9 Å². The molecule has 2 aromatic carbocycles.